The molecule has 0 saturated heterocycles. The number of carbonyl (C=O) groups is 4. The summed E-state index contributed by atoms with van der Waals surface area (Å²) in [5.41, 5.74) is 1.24. The minimum absolute atomic E-state index is 0.127. The van der Waals surface area contributed by atoms with Crippen LogP contribution in [-0.4, -0.2) is 75.4 Å². The van der Waals surface area contributed by atoms with E-state index >= 15 is 0 Å². The number of hydrogen-bond acceptors (Lipinski definition) is 4. The molecular formula is C29H42N4O5. The third-order valence-corrected chi connectivity index (χ3v) is 7.42. The second-order valence-corrected chi connectivity index (χ2v) is 11.0. The number of likely N-dealkylation sites (N-methyl/N-ethyl adjacent to an activating group) is 2. The summed E-state index contributed by atoms with van der Waals surface area (Å²) in [7, 11) is 5.12. The lowest BCUT2D eigenvalue weighted by molar-refractivity contribution is -0.143. The molecule has 0 saturated carbocycles. The zero-order valence-corrected chi connectivity index (χ0v) is 24.2. The van der Waals surface area contributed by atoms with Gasteiger partial charge >= 0.3 is 5.97 Å². The quantitative estimate of drug-likeness (QED) is 0.462. The molecule has 2 rings (SSSR count). The summed E-state index contributed by atoms with van der Waals surface area (Å²) in [6, 6.07) is 5.61. The van der Waals surface area contributed by atoms with Crippen LogP contribution in [0.2, 0.25) is 0 Å². The van der Waals surface area contributed by atoms with Crippen molar-refractivity contribution in [1.82, 2.24) is 19.7 Å². The number of carboxylic acids is 1. The molecule has 2 N–H and O–H groups in total. The molecule has 0 aliphatic carbocycles. The molecule has 0 unspecified atom stereocenters. The van der Waals surface area contributed by atoms with Crippen molar-refractivity contribution in [2.75, 3.05) is 14.1 Å². The number of aryl methyl sites for hydroxylation is 1. The highest BCUT2D eigenvalue weighted by atomic mass is 16.4. The Kier molecular flexibility index (Phi) is 9.53. The van der Waals surface area contributed by atoms with E-state index < -0.39 is 35.4 Å². The minimum atomic E-state index is -1.06. The molecule has 9 heteroatoms. The van der Waals surface area contributed by atoms with Gasteiger partial charge in [0.15, 0.2) is 0 Å². The Morgan fingerprint density at radius 2 is 1.61 bits per heavy atom. The molecule has 2 aromatic rings. The maximum Gasteiger partial charge on any atom is 0.331 e. The molecule has 0 bridgehead atoms. The molecule has 0 radical (unpaired) electrons. The van der Waals surface area contributed by atoms with Crippen LogP contribution in [0.5, 0.6) is 0 Å². The zero-order valence-electron chi connectivity index (χ0n) is 24.2. The van der Waals surface area contributed by atoms with Crippen LogP contribution in [0.4, 0.5) is 0 Å². The predicted octanol–water partition coefficient (Wildman–Crippen LogP) is 3.32. The van der Waals surface area contributed by atoms with Crippen molar-refractivity contribution in [3.63, 3.8) is 0 Å². The fourth-order valence-corrected chi connectivity index (χ4v) is 4.88. The second kappa shape index (κ2) is 11.8. The lowest BCUT2D eigenvalue weighted by Crippen LogP contribution is -2.61. The van der Waals surface area contributed by atoms with Gasteiger partial charge in [0.25, 0.3) is 0 Å². The van der Waals surface area contributed by atoms with E-state index in [1.165, 1.54) is 29.7 Å². The Balaban J connectivity index is 2.48. The maximum absolute atomic E-state index is 14.0. The Labute approximate surface area is 225 Å². The van der Waals surface area contributed by atoms with Crippen molar-refractivity contribution in [3.05, 3.63) is 47.7 Å². The molecule has 3 amide bonds. The SMILES string of the molecule is CC(=O)N(C)[C@H](C(=O)N[C@H](C(=O)N(C)[C@H](C)/C=C(\C)C(=O)O)C(C)C)C(C)(C)c1cn(C)c2ccccc12. The number of carbonyl (C=O) groups excluding carboxylic acids is 3. The fourth-order valence-electron chi connectivity index (χ4n) is 4.88. The third-order valence-electron chi connectivity index (χ3n) is 7.42. The summed E-state index contributed by atoms with van der Waals surface area (Å²) in [5.74, 6) is -2.37. The number of rotatable bonds is 10. The molecular weight excluding hydrogens is 484 g/mol. The highest BCUT2D eigenvalue weighted by Gasteiger charge is 2.43. The number of benzene rings is 1. The number of amides is 3. The summed E-state index contributed by atoms with van der Waals surface area (Å²) < 4.78 is 2.00. The highest BCUT2D eigenvalue weighted by molar-refractivity contribution is 5.94. The van der Waals surface area contributed by atoms with Crippen LogP contribution in [0.25, 0.3) is 10.9 Å². The van der Waals surface area contributed by atoms with Crippen LogP contribution in [0.15, 0.2) is 42.1 Å². The van der Waals surface area contributed by atoms with Gasteiger partial charge < -0.3 is 24.8 Å². The molecule has 9 nitrogen and oxygen atoms in total. The summed E-state index contributed by atoms with van der Waals surface area (Å²) in [6.45, 7) is 12.1. The van der Waals surface area contributed by atoms with Crippen LogP contribution >= 0.6 is 0 Å². The average molecular weight is 527 g/mol. The van der Waals surface area contributed by atoms with Crippen LogP contribution < -0.4 is 5.32 Å². The Morgan fingerprint density at radius 3 is 2.13 bits per heavy atom. The molecule has 208 valence electrons. The van der Waals surface area contributed by atoms with Gasteiger partial charge in [-0.05, 0) is 31.4 Å². The Hall–Kier alpha value is -3.62. The molecule has 0 spiro atoms. The van der Waals surface area contributed by atoms with Gasteiger partial charge in [0.2, 0.25) is 17.7 Å². The van der Waals surface area contributed by atoms with E-state index in [4.69, 9.17) is 0 Å². The first-order valence-electron chi connectivity index (χ1n) is 12.8. The van der Waals surface area contributed by atoms with Gasteiger partial charge in [0, 0.05) is 62.2 Å². The molecule has 1 heterocycles. The van der Waals surface area contributed by atoms with Crippen molar-refractivity contribution in [3.8, 4) is 0 Å². The van der Waals surface area contributed by atoms with Crippen LogP contribution in [0.1, 0.15) is 54.0 Å². The van der Waals surface area contributed by atoms with Gasteiger partial charge in [-0.1, -0.05) is 52.0 Å². The van der Waals surface area contributed by atoms with E-state index in [1.807, 2.05) is 69.8 Å². The normalized spacial score (nSPS) is 14.7. The standard InChI is InChI=1S/C29H42N4O5/c1-17(2)24(27(36)32(9)19(4)15-18(3)28(37)38)30-26(35)25(33(10)20(5)34)29(6,7)22-16-31(8)23-14-12-11-13-21(22)23/h11-17,19,24-25H,1-10H3,(H,30,35)(H,37,38)/b18-15+/t19-,24+,25-/m1/s1. The van der Waals surface area contributed by atoms with Crippen molar-refractivity contribution in [2.24, 2.45) is 13.0 Å². The number of fused-ring (bicyclic) bond motifs is 1. The van der Waals surface area contributed by atoms with Gasteiger partial charge in [-0.2, -0.15) is 0 Å². The number of carboxylic acid groups (broad SMARTS) is 1. The van der Waals surface area contributed by atoms with Crippen molar-refractivity contribution in [1.29, 1.82) is 0 Å². The first-order chi connectivity index (χ1) is 17.5. The number of aliphatic carboxylic acids is 1. The van der Waals surface area contributed by atoms with Gasteiger partial charge in [-0.25, -0.2) is 4.79 Å². The van der Waals surface area contributed by atoms with Gasteiger partial charge in [0.05, 0.1) is 0 Å². The Bertz CT molecular complexity index is 1240. The number of nitrogens with one attached hydrogen (secondary N) is 1. The van der Waals surface area contributed by atoms with Gasteiger partial charge in [-0.3, -0.25) is 14.4 Å². The van der Waals surface area contributed by atoms with Crippen LogP contribution in [0.3, 0.4) is 0 Å². The second-order valence-electron chi connectivity index (χ2n) is 11.0. The first-order valence-corrected chi connectivity index (χ1v) is 12.8. The van der Waals surface area contributed by atoms with Crippen LogP contribution in [0, 0.1) is 5.92 Å². The number of hydrogen-bond donors (Lipinski definition) is 2. The van der Waals surface area contributed by atoms with Crippen molar-refractivity contribution < 1.29 is 24.3 Å². The topological polar surface area (TPSA) is 112 Å². The third kappa shape index (κ3) is 6.26. The first kappa shape index (κ1) is 30.6. The van der Waals surface area contributed by atoms with Gasteiger partial charge in [-0.15, -0.1) is 0 Å². The summed E-state index contributed by atoms with van der Waals surface area (Å²) in [5, 5.41) is 13.1. The molecule has 0 aliphatic rings. The number of para-hydroxylation sites is 1. The molecule has 0 aliphatic heterocycles. The van der Waals surface area contributed by atoms with E-state index in [0.29, 0.717) is 0 Å². The highest BCUT2D eigenvalue weighted by Crippen LogP contribution is 2.36. The molecule has 0 fully saturated rings. The molecule has 3 atom stereocenters. The fraction of sp³-hybridized carbons (Fsp3) is 0.517. The smallest absolute Gasteiger partial charge is 0.331 e. The van der Waals surface area contributed by atoms with Gasteiger partial charge in [0.1, 0.15) is 12.1 Å². The van der Waals surface area contributed by atoms with E-state index in [1.54, 1.807) is 21.0 Å². The van der Waals surface area contributed by atoms with E-state index in [0.717, 1.165) is 16.5 Å². The summed E-state index contributed by atoms with van der Waals surface area (Å²) in [4.78, 5) is 54.1. The van der Waals surface area contributed by atoms with Crippen molar-refractivity contribution in [2.45, 2.75) is 72.0 Å². The summed E-state index contributed by atoms with van der Waals surface area (Å²) in [6.07, 6.45) is 3.48. The average Bonchev–Trinajstić information content (AvgIpc) is 3.18. The lowest BCUT2D eigenvalue weighted by Gasteiger charge is -2.40. The summed E-state index contributed by atoms with van der Waals surface area (Å²) >= 11 is 0. The number of aromatic nitrogens is 1. The monoisotopic (exact) mass is 526 g/mol. The maximum atomic E-state index is 14.0. The van der Waals surface area contributed by atoms with E-state index in [-0.39, 0.29) is 23.3 Å². The van der Waals surface area contributed by atoms with E-state index in [2.05, 4.69) is 5.32 Å². The molecule has 1 aromatic carbocycles. The molecule has 38 heavy (non-hydrogen) atoms. The molecule has 1 aromatic heterocycles. The predicted molar refractivity (Wildman–Crippen MR) is 149 cm³/mol. The lowest BCUT2D eigenvalue weighted by atomic mass is 9.76. The number of nitrogens with zero attached hydrogens (tertiary/aromatic N) is 3. The zero-order chi connectivity index (χ0) is 29.1. The minimum Gasteiger partial charge on any atom is -0.478 e. The largest absolute Gasteiger partial charge is 0.478 e. The van der Waals surface area contributed by atoms with Crippen LogP contribution in [-0.2, 0) is 31.6 Å². The Morgan fingerprint density at radius 1 is 1.03 bits per heavy atom. The van der Waals surface area contributed by atoms with E-state index in [9.17, 15) is 24.3 Å². The van der Waals surface area contributed by atoms with Crippen molar-refractivity contribution >= 4 is 34.6 Å².